The van der Waals surface area contributed by atoms with Gasteiger partial charge in [-0.1, -0.05) is 6.92 Å². The summed E-state index contributed by atoms with van der Waals surface area (Å²) in [6, 6.07) is 0.253. The second-order valence-corrected chi connectivity index (χ2v) is 3.45. The molecule has 0 aromatic heterocycles. The molecule has 0 saturated heterocycles. The van der Waals surface area contributed by atoms with Crippen molar-refractivity contribution in [1.82, 2.24) is 4.90 Å². The number of methoxy groups -OCH3 is 2. The average Bonchev–Trinajstić information content (AvgIpc) is 2.21. The van der Waals surface area contributed by atoms with E-state index < -0.39 is 0 Å². The third-order valence-corrected chi connectivity index (χ3v) is 2.24. The van der Waals surface area contributed by atoms with Gasteiger partial charge in [-0.2, -0.15) is 0 Å². The van der Waals surface area contributed by atoms with E-state index in [1.54, 1.807) is 14.2 Å². The SMILES string of the molecule is CC[C@@H](N)CN(CCOC)CCOC. The number of ether oxygens (including phenoxy) is 2. The molecule has 0 bridgehead atoms. The third kappa shape index (κ3) is 7.26. The lowest BCUT2D eigenvalue weighted by molar-refractivity contribution is 0.110. The van der Waals surface area contributed by atoms with Gasteiger partial charge in [-0.15, -0.1) is 0 Å². The van der Waals surface area contributed by atoms with Crippen molar-refractivity contribution in [3.05, 3.63) is 0 Å². The second-order valence-electron chi connectivity index (χ2n) is 3.45. The highest BCUT2D eigenvalue weighted by Crippen LogP contribution is 1.94. The molecular formula is C10H24N2O2. The van der Waals surface area contributed by atoms with Crippen molar-refractivity contribution in [3.63, 3.8) is 0 Å². The van der Waals surface area contributed by atoms with Crippen molar-refractivity contribution < 1.29 is 9.47 Å². The Balaban J connectivity index is 3.71. The van der Waals surface area contributed by atoms with E-state index in [2.05, 4.69) is 11.8 Å². The van der Waals surface area contributed by atoms with Gasteiger partial charge in [-0.3, -0.25) is 4.90 Å². The molecule has 0 radical (unpaired) electrons. The first-order valence-electron chi connectivity index (χ1n) is 5.20. The van der Waals surface area contributed by atoms with Gasteiger partial charge in [0, 0.05) is 39.9 Å². The fraction of sp³-hybridized carbons (Fsp3) is 1.00. The van der Waals surface area contributed by atoms with Crippen LogP contribution in [0.4, 0.5) is 0 Å². The Hall–Kier alpha value is -0.160. The Morgan fingerprint density at radius 1 is 1.14 bits per heavy atom. The van der Waals surface area contributed by atoms with Crippen LogP contribution in [-0.2, 0) is 9.47 Å². The van der Waals surface area contributed by atoms with Gasteiger partial charge in [0.2, 0.25) is 0 Å². The molecule has 0 aliphatic heterocycles. The summed E-state index contributed by atoms with van der Waals surface area (Å²) < 4.78 is 10.1. The molecule has 0 rings (SSSR count). The van der Waals surface area contributed by atoms with Crippen LogP contribution >= 0.6 is 0 Å². The molecule has 0 saturated carbocycles. The predicted molar refractivity (Wildman–Crippen MR) is 58.5 cm³/mol. The largest absolute Gasteiger partial charge is 0.383 e. The lowest BCUT2D eigenvalue weighted by Crippen LogP contribution is -2.40. The third-order valence-electron chi connectivity index (χ3n) is 2.24. The minimum atomic E-state index is 0.253. The molecular weight excluding hydrogens is 180 g/mol. The van der Waals surface area contributed by atoms with Gasteiger partial charge < -0.3 is 15.2 Å². The van der Waals surface area contributed by atoms with Crippen molar-refractivity contribution >= 4 is 0 Å². The van der Waals surface area contributed by atoms with Crippen LogP contribution in [0, 0.1) is 0 Å². The van der Waals surface area contributed by atoms with Gasteiger partial charge in [0.1, 0.15) is 0 Å². The Morgan fingerprint density at radius 3 is 2.00 bits per heavy atom. The molecule has 4 nitrogen and oxygen atoms in total. The summed E-state index contributed by atoms with van der Waals surface area (Å²) in [6.45, 7) is 6.38. The molecule has 0 heterocycles. The van der Waals surface area contributed by atoms with E-state index in [1.807, 2.05) is 0 Å². The van der Waals surface area contributed by atoms with Gasteiger partial charge in [0.15, 0.2) is 0 Å². The molecule has 0 aliphatic carbocycles. The van der Waals surface area contributed by atoms with Crippen LogP contribution in [0.15, 0.2) is 0 Å². The normalized spacial score (nSPS) is 13.5. The molecule has 0 aliphatic rings. The molecule has 4 heteroatoms. The highest BCUT2D eigenvalue weighted by molar-refractivity contribution is 4.66. The second kappa shape index (κ2) is 9.40. The number of hydrogen-bond acceptors (Lipinski definition) is 4. The molecule has 0 fully saturated rings. The summed E-state index contributed by atoms with van der Waals surface area (Å²) in [5.74, 6) is 0. The van der Waals surface area contributed by atoms with E-state index >= 15 is 0 Å². The quantitative estimate of drug-likeness (QED) is 0.587. The van der Waals surface area contributed by atoms with E-state index in [4.69, 9.17) is 15.2 Å². The van der Waals surface area contributed by atoms with Crippen LogP contribution < -0.4 is 5.73 Å². The summed E-state index contributed by atoms with van der Waals surface area (Å²) in [5, 5.41) is 0. The van der Waals surface area contributed by atoms with Gasteiger partial charge in [-0.25, -0.2) is 0 Å². The van der Waals surface area contributed by atoms with E-state index in [9.17, 15) is 0 Å². The van der Waals surface area contributed by atoms with Crippen LogP contribution in [0.3, 0.4) is 0 Å². The summed E-state index contributed by atoms with van der Waals surface area (Å²) in [4.78, 5) is 2.28. The lowest BCUT2D eigenvalue weighted by atomic mass is 10.2. The Labute approximate surface area is 87.4 Å². The predicted octanol–water partition coefficient (Wildman–Crippen LogP) is 0.319. The lowest BCUT2D eigenvalue weighted by Gasteiger charge is -2.24. The van der Waals surface area contributed by atoms with E-state index in [1.165, 1.54) is 0 Å². The summed E-state index contributed by atoms with van der Waals surface area (Å²) in [7, 11) is 3.43. The maximum Gasteiger partial charge on any atom is 0.0589 e. The first-order valence-corrected chi connectivity index (χ1v) is 5.20. The zero-order valence-electron chi connectivity index (χ0n) is 9.66. The fourth-order valence-electron chi connectivity index (χ4n) is 1.20. The maximum atomic E-state index is 5.89. The zero-order valence-corrected chi connectivity index (χ0v) is 9.66. The molecule has 0 aromatic carbocycles. The molecule has 86 valence electrons. The van der Waals surface area contributed by atoms with Gasteiger partial charge >= 0.3 is 0 Å². The maximum absolute atomic E-state index is 5.89. The average molecular weight is 204 g/mol. The van der Waals surface area contributed by atoms with Crippen LogP contribution in [0.5, 0.6) is 0 Å². The minimum absolute atomic E-state index is 0.253. The first-order chi connectivity index (χ1) is 6.74. The van der Waals surface area contributed by atoms with Crippen molar-refractivity contribution in [2.75, 3.05) is 47.1 Å². The Morgan fingerprint density at radius 2 is 1.64 bits per heavy atom. The van der Waals surface area contributed by atoms with Crippen LogP contribution in [0.25, 0.3) is 0 Å². The highest BCUT2D eigenvalue weighted by atomic mass is 16.5. The van der Waals surface area contributed by atoms with Gasteiger partial charge in [0.25, 0.3) is 0 Å². The first kappa shape index (κ1) is 13.8. The van der Waals surface area contributed by atoms with Crippen LogP contribution in [0.1, 0.15) is 13.3 Å². The van der Waals surface area contributed by atoms with E-state index in [0.717, 1.165) is 39.3 Å². The smallest absolute Gasteiger partial charge is 0.0589 e. The molecule has 0 unspecified atom stereocenters. The monoisotopic (exact) mass is 204 g/mol. The number of nitrogens with zero attached hydrogens (tertiary/aromatic N) is 1. The number of nitrogens with two attached hydrogens (primary N) is 1. The molecule has 14 heavy (non-hydrogen) atoms. The molecule has 0 amide bonds. The molecule has 0 spiro atoms. The van der Waals surface area contributed by atoms with Crippen molar-refractivity contribution in [2.24, 2.45) is 5.73 Å². The zero-order chi connectivity index (χ0) is 10.8. The van der Waals surface area contributed by atoms with E-state index in [0.29, 0.717) is 0 Å². The van der Waals surface area contributed by atoms with Gasteiger partial charge in [0.05, 0.1) is 13.2 Å². The Kier molecular flexibility index (Phi) is 9.29. The molecule has 0 aromatic rings. The van der Waals surface area contributed by atoms with Gasteiger partial charge in [-0.05, 0) is 6.42 Å². The van der Waals surface area contributed by atoms with Crippen LogP contribution in [0.2, 0.25) is 0 Å². The highest BCUT2D eigenvalue weighted by Gasteiger charge is 2.08. The number of rotatable bonds is 9. The summed E-state index contributed by atoms with van der Waals surface area (Å²) >= 11 is 0. The standard InChI is InChI=1S/C10H24N2O2/c1-4-10(11)9-12(5-7-13-2)6-8-14-3/h10H,4-9,11H2,1-3H3/t10-/m1/s1. The van der Waals surface area contributed by atoms with E-state index in [-0.39, 0.29) is 6.04 Å². The topological polar surface area (TPSA) is 47.7 Å². The van der Waals surface area contributed by atoms with Crippen LogP contribution in [-0.4, -0.2) is 58.0 Å². The summed E-state index contributed by atoms with van der Waals surface area (Å²) in [6.07, 6.45) is 1.01. The fourth-order valence-corrected chi connectivity index (χ4v) is 1.20. The van der Waals surface area contributed by atoms with Crippen molar-refractivity contribution in [3.8, 4) is 0 Å². The Bertz CT molecular complexity index is 115. The minimum Gasteiger partial charge on any atom is -0.383 e. The van der Waals surface area contributed by atoms with Crippen molar-refractivity contribution in [1.29, 1.82) is 0 Å². The molecule has 1 atom stereocenters. The van der Waals surface area contributed by atoms with Crippen molar-refractivity contribution in [2.45, 2.75) is 19.4 Å². The summed E-state index contributed by atoms with van der Waals surface area (Å²) in [5.41, 5.74) is 5.89. The number of hydrogen-bond donors (Lipinski definition) is 1. The molecule has 2 N–H and O–H groups in total.